The van der Waals surface area contributed by atoms with Crippen LogP contribution in [0, 0.1) is 0 Å². The fraction of sp³-hybridized carbons (Fsp3) is 0.556. The summed E-state index contributed by atoms with van der Waals surface area (Å²) in [5.74, 6) is 0. The average Bonchev–Trinajstić information content (AvgIpc) is 2.13. The van der Waals surface area contributed by atoms with Gasteiger partial charge in [-0.2, -0.15) is 0 Å². The molecule has 0 saturated heterocycles. The number of allylic oxidation sites excluding steroid dienone is 2. The summed E-state index contributed by atoms with van der Waals surface area (Å²) in [4.78, 5) is 0. The maximum atomic E-state index is 11.5. The Balaban J connectivity index is 3.94. The van der Waals surface area contributed by atoms with Gasteiger partial charge in [-0.3, -0.25) is 4.21 Å². The maximum Gasteiger partial charge on any atom is 0.0945 e. The van der Waals surface area contributed by atoms with E-state index in [0.717, 1.165) is 6.42 Å². The second kappa shape index (κ2) is 8.91. The first-order chi connectivity index (χ1) is 6.26. The third kappa shape index (κ3) is 6.41. The summed E-state index contributed by atoms with van der Waals surface area (Å²) in [6.45, 7) is 5.95. The molecule has 0 spiro atoms. The lowest BCUT2D eigenvalue weighted by atomic mass is 10.6. The van der Waals surface area contributed by atoms with E-state index >= 15 is 0 Å². The Morgan fingerprint density at radius 1 is 1.38 bits per heavy atom. The minimum Gasteiger partial charge on any atom is -0.254 e. The Hall–Kier alpha value is 0.330. The highest BCUT2D eigenvalue weighted by Crippen LogP contribution is 2.31. The van der Waals surface area contributed by atoms with E-state index in [-0.39, 0.29) is 4.58 Å². The molecule has 0 bridgehead atoms. The van der Waals surface area contributed by atoms with Crippen molar-refractivity contribution in [2.45, 2.75) is 31.8 Å². The second-order valence-corrected chi connectivity index (χ2v) is 6.48. The zero-order chi connectivity index (χ0) is 10.1. The van der Waals surface area contributed by atoms with Gasteiger partial charge in [0.15, 0.2) is 0 Å². The fourth-order valence-electron chi connectivity index (χ4n) is 0.642. The van der Waals surface area contributed by atoms with Crippen molar-refractivity contribution in [2.75, 3.05) is 0 Å². The van der Waals surface area contributed by atoms with Crippen LogP contribution in [0.15, 0.2) is 23.0 Å². The average molecular weight is 236 g/mol. The topological polar surface area (TPSA) is 17.1 Å². The molecule has 0 saturated carbocycles. The summed E-state index contributed by atoms with van der Waals surface area (Å²) in [5.41, 5.74) is 0. The van der Waals surface area contributed by atoms with E-state index in [2.05, 4.69) is 6.92 Å². The third-order valence-electron chi connectivity index (χ3n) is 1.22. The van der Waals surface area contributed by atoms with E-state index in [4.69, 9.17) is 0 Å². The molecule has 0 amide bonds. The minimum absolute atomic E-state index is 0.206. The Kier molecular flexibility index (Phi) is 9.13. The van der Waals surface area contributed by atoms with Gasteiger partial charge < -0.3 is 0 Å². The largest absolute Gasteiger partial charge is 0.254 e. The monoisotopic (exact) mass is 236 g/mol. The molecule has 0 radical (unpaired) electrons. The smallest absolute Gasteiger partial charge is 0.0945 e. The predicted molar refractivity (Wildman–Crippen MR) is 67.0 cm³/mol. The summed E-state index contributed by atoms with van der Waals surface area (Å²) >= 11 is 0. The van der Waals surface area contributed by atoms with Gasteiger partial charge in [-0.05, 0) is 31.1 Å². The van der Waals surface area contributed by atoms with Crippen molar-refractivity contribution in [3.63, 3.8) is 0 Å². The van der Waals surface area contributed by atoms with Gasteiger partial charge in [0, 0.05) is 0 Å². The molecule has 0 aromatic carbocycles. The molecule has 0 aliphatic carbocycles. The first-order valence-electron chi connectivity index (χ1n) is 4.21. The quantitative estimate of drug-likeness (QED) is 0.651. The number of hydrogen-bond donors (Lipinski definition) is 0. The van der Waals surface area contributed by atoms with Crippen molar-refractivity contribution in [3.8, 4) is 0 Å². The molecule has 13 heavy (non-hydrogen) atoms. The molecule has 4 heteroatoms. The number of rotatable bonds is 6. The van der Waals surface area contributed by atoms with Crippen LogP contribution in [-0.4, -0.2) is 8.79 Å². The first-order valence-corrected chi connectivity index (χ1v) is 7.77. The molecular formula is C9H16OS3. The van der Waals surface area contributed by atoms with Crippen molar-refractivity contribution in [1.29, 1.82) is 0 Å². The van der Waals surface area contributed by atoms with Crippen LogP contribution >= 0.6 is 21.6 Å². The lowest BCUT2D eigenvalue weighted by Crippen LogP contribution is -2.04. The van der Waals surface area contributed by atoms with E-state index in [1.54, 1.807) is 27.0 Å². The van der Waals surface area contributed by atoms with Crippen LogP contribution in [0.5, 0.6) is 0 Å². The van der Waals surface area contributed by atoms with Gasteiger partial charge >= 0.3 is 0 Å². The van der Waals surface area contributed by atoms with E-state index in [1.807, 2.05) is 31.4 Å². The molecule has 0 aromatic heterocycles. The van der Waals surface area contributed by atoms with Crippen molar-refractivity contribution < 1.29 is 4.21 Å². The summed E-state index contributed by atoms with van der Waals surface area (Å²) in [6.07, 6.45) is 4.77. The van der Waals surface area contributed by atoms with Crippen LogP contribution in [0.2, 0.25) is 0 Å². The molecule has 0 unspecified atom stereocenters. The van der Waals surface area contributed by atoms with Gasteiger partial charge in [0.2, 0.25) is 0 Å². The summed E-state index contributed by atoms with van der Waals surface area (Å²) in [6, 6.07) is 0. The van der Waals surface area contributed by atoms with Gasteiger partial charge in [-0.25, -0.2) is 0 Å². The van der Waals surface area contributed by atoms with Crippen molar-refractivity contribution in [1.82, 2.24) is 0 Å². The van der Waals surface area contributed by atoms with E-state index in [0.29, 0.717) is 0 Å². The van der Waals surface area contributed by atoms with Crippen molar-refractivity contribution >= 4 is 32.4 Å². The number of hydrogen-bond acceptors (Lipinski definition) is 3. The van der Waals surface area contributed by atoms with Crippen LogP contribution in [0.4, 0.5) is 0 Å². The zero-order valence-corrected chi connectivity index (χ0v) is 10.7. The van der Waals surface area contributed by atoms with Gasteiger partial charge in [0.25, 0.3) is 0 Å². The standard InChI is InChI=1S/C9H16OS3/c1-4-7-11-12-9(6-3)13(10)8-5-2/h4-5,7-9H,6H2,1-3H3/b7-4+,8-5+/t9-,13-/m1/s1. The van der Waals surface area contributed by atoms with Crippen molar-refractivity contribution in [2.24, 2.45) is 0 Å². The van der Waals surface area contributed by atoms with Crippen LogP contribution in [0.1, 0.15) is 27.2 Å². The summed E-state index contributed by atoms with van der Waals surface area (Å²) in [7, 11) is 2.49. The fourth-order valence-corrected chi connectivity index (χ4v) is 4.76. The highest BCUT2D eigenvalue weighted by atomic mass is 33.1. The molecule has 0 fully saturated rings. The highest BCUT2D eigenvalue weighted by Gasteiger charge is 2.11. The van der Waals surface area contributed by atoms with Gasteiger partial charge in [-0.1, -0.05) is 40.7 Å². The Labute approximate surface area is 91.3 Å². The predicted octanol–water partition coefficient (Wildman–Crippen LogP) is 3.92. The van der Waals surface area contributed by atoms with E-state index < -0.39 is 10.8 Å². The van der Waals surface area contributed by atoms with Crippen LogP contribution in [0.25, 0.3) is 0 Å². The van der Waals surface area contributed by atoms with Gasteiger partial charge in [0.05, 0.1) is 15.4 Å². The van der Waals surface area contributed by atoms with Crippen molar-refractivity contribution in [3.05, 3.63) is 23.0 Å². The molecule has 0 rings (SSSR count). The lowest BCUT2D eigenvalue weighted by molar-refractivity contribution is 0.685. The molecule has 0 aliphatic heterocycles. The highest BCUT2D eigenvalue weighted by molar-refractivity contribution is 8.79. The molecule has 76 valence electrons. The van der Waals surface area contributed by atoms with Crippen LogP contribution in [-0.2, 0) is 10.8 Å². The molecule has 0 heterocycles. The second-order valence-electron chi connectivity index (χ2n) is 2.30. The van der Waals surface area contributed by atoms with E-state index in [1.165, 1.54) is 0 Å². The lowest BCUT2D eigenvalue weighted by Gasteiger charge is -2.08. The Morgan fingerprint density at radius 2 is 2.08 bits per heavy atom. The van der Waals surface area contributed by atoms with E-state index in [9.17, 15) is 4.21 Å². The molecule has 1 nitrogen and oxygen atoms in total. The summed E-state index contributed by atoms with van der Waals surface area (Å²) in [5, 5.41) is 3.78. The maximum absolute atomic E-state index is 11.5. The Bertz CT molecular complexity index is 199. The zero-order valence-electron chi connectivity index (χ0n) is 8.23. The molecule has 0 aromatic rings. The van der Waals surface area contributed by atoms with Crippen LogP contribution < -0.4 is 0 Å². The van der Waals surface area contributed by atoms with Crippen LogP contribution in [0.3, 0.4) is 0 Å². The molecule has 0 aliphatic rings. The SMILES string of the molecule is C/C=C/SS[C@@H](CC)[S@](=O)/C=C/C. The minimum atomic E-state index is -0.834. The Morgan fingerprint density at radius 3 is 2.54 bits per heavy atom. The first kappa shape index (κ1) is 13.3. The normalized spacial score (nSPS) is 16.8. The third-order valence-corrected chi connectivity index (χ3v) is 6.24. The molecular weight excluding hydrogens is 220 g/mol. The molecule has 2 atom stereocenters. The molecule has 0 N–H and O–H groups in total. The van der Waals surface area contributed by atoms with Gasteiger partial charge in [0.1, 0.15) is 0 Å². The summed E-state index contributed by atoms with van der Waals surface area (Å²) < 4.78 is 11.7. The van der Waals surface area contributed by atoms with Gasteiger partial charge in [-0.15, -0.1) is 0 Å².